The van der Waals surface area contributed by atoms with Crippen LogP contribution in [-0.4, -0.2) is 13.5 Å². The lowest BCUT2D eigenvalue weighted by atomic mass is 10.0. The maximum atomic E-state index is 10.8. The van der Waals surface area contributed by atoms with Gasteiger partial charge in [-0.3, -0.25) is 4.79 Å². The Morgan fingerprint density at radius 2 is 2.12 bits per heavy atom. The van der Waals surface area contributed by atoms with Gasteiger partial charge in [-0.1, -0.05) is 35.3 Å². The van der Waals surface area contributed by atoms with Crippen LogP contribution in [0.2, 0.25) is 0 Å². The third kappa shape index (κ3) is 2.85. The summed E-state index contributed by atoms with van der Waals surface area (Å²) in [4.78, 5) is 12.5. The Kier molecular flexibility index (Phi) is 5.00. The van der Waals surface area contributed by atoms with Crippen LogP contribution in [0, 0.1) is 6.92 Å². The van der Waals surface area contributed by atoms with E-state index in [2.05, 4.69) is 29.8 Å². The van der Waals surface area contributed by atoms with Crippen molar-refractivity contribution in [3.8, 4) is 0 Å². The molecule has 0 saturated heterocycles. The Morgan fingerprint density at radius 3 is 2.69 bits per heavy atom. The molecular formula is C13H18BrNO. The minimum Gasteiger partial charge on any atom is -0.318 e. The molecule has 0 aliphatic heterocycles. The molecule has 0 saturated carbocycles. The highest BCUT2D eigenvalue weighted by Crippen LogP contribution is 2.31. The fourth-order valence-corrected chi connectivity index (χ4v) is 2.24. The number of carbonyl (C=O) groups excluding carboxylic acids is 1. The second-order valence-corrected chi connectivity index (χ2v) is 4.81. The quantitative estimate of drug-likeness (QED) is 0.755. The van der Waals surface area contributed by atoms with Crippen LogP contribution >= 0.6 is 15.9 Å². The molecule has 0 N–H and O–H groups in total. The molecular weight excluding hydrogens is 266 g/mol. The molecule has 0 radical (unpaired) electrons. The van der Waals surface area contributed by atoms with Crippen molar-refractivity contribution in [2.75, 3.05) is 11.9 Å². The number of hydrogen-bond acceptors (Lipinski definition) is 1. The number of unbranched alkanes of at least 4 members (excludes halogenated alkanes) is 1. The van der Waals surface area contributed by atoms with E-state index in [1.165, 1.54) is 11.1 Å². The van der Waals surface area contributed by atoms with Gasteiger partial charge in [0.1, 0.15) is 0 Å². The molecule has 1 rings (SSSR count). The zero-order valence-electron chi connectivity index (χ0n) is 10.1. The number of nitrogens with zero attached hydrogens (tertiary/aromatic N) is 1. The summed E-state index contributed by atoms with van der Waals surface area (Å²) in [5.41, 5.74) is 3.45. The highest BCUT2D eigenvalue weighted by Gasteiger charge is 2.11. The van der Waals surface area contributed by atoms with Crippen LogP contribution in [0.1, 0.15) is 30.9 Å². The van der Waals surface area contributed by atoms with Crippen LogP contribution in [0.4, 0.5) is 5.69 Å². The van der Waals surface area contributed by atoms with Crippen LogP contribution < -0.4 is 4.90 Å². The van der Waals surface area contributed by atoms with Crippen LogP contribution in [0.3, 0.4) is 0 Å². The zero-order valence-corrected chi connectivity index (χ0v) is 11.7. The van der Waals surface area contributed by atoms with Gasteiger partial charge in [-0.25, -0.2) is 0 Å². The van der Waals surface area contributed by atoms with Crippen molar-refractivity contribution in [1.29, 1.82) is 0 Å². The highest BCUT2D eigenvalue weighted by molar-refractivity contribution is 9.10. The lowest BCUT2D eigenvalue weighted by Crippen LogP contribution is -2.16. The second kappa shape index (κ2) is 6.04. The van der Waals surface area contributed by atoms with E-state index in [0.717, 1.165) is 35.8 Å². The minimum absolute atomic E-state index is 0.854. The molecule has 0 unspecified atom stereocenters. The molecule has 0 bridgehead atoms. The van der Waals surface area contributed by atoms with Gasteiger partial charge in [0.05, 0.1) is 0 Å². The molecule has 0 spiro atoms. The SMILES string of the molecule is CCCCc1c(N(C)C=O)ccc(C)c1Br. The van der Waals surface area contributed by atoms with Gasteiger partial charge in [-0.05, 0) is 37.0 Å². The number of amides is 1. The molecule has 0 atom stereocenters. The van der Waals surface area contributed by atoms with Crippen LogP contribution in [0.15, 0.2) is 16.6 Å². The Balaban J connectivity index is 3.15. The monoisotopic (exact) mass is 283 g/mol. The first-order valence-electron chi connectivity index (χ1n) is 5.58. The van der Waals surface area contributed by atoms with E-state index in [1.807, 2.05) is 12.1 Å². The fraction of sp³-hybridized carbons (Fsp3) is 0.462. The van der Waals surface area contributed by atoms with Crippen molar-refractivity contribution in [3.05, 3.63) is 27.7 Å². The van der Waals surface area contributed by atoms with Gasteiger partial charge in [0.2, 0.25) is 6.41 Å². The zero-order chi connectivity index (χ0) is 12.1. The first kappa shape index (κ1) is 13.2. The Bertz CT molecular complexity index is 376. The van der Waals surface area contributed by atoms with Crippen molar-refractivity contribution in [1.82, 2.24) is 0 Å². The van der Waals surface area contributed by atoms with Gasteiger partial charge in [0.25, 0.3) is 0 Å². The predicted molar refractivity (Wildman–Crippen MR) is 72.0 cm³/mol. The number of rotatable bonds is 5. The molecule has 0 aliphatic carbocycles. The molecule has 1 aromatic carbocycles. The summed E-state index contributed by atoms with van der Waals surface area (Å²) >= 11 is 3.62. The fourth-order valence-electron chi connectivity index (χ4n) is 1.71. The number of hydrogen-bond donors (Lipinski definition) is 0. The van der Waals surface area contributed by atoms with E-state index < -0.39 is 0 Å². The van der Waals surface area contributed by atoms with Gasteiger partial charge >= 0.3 is 0 Å². The lowest BCUT2D eigenvalue weighted by Gasteiger charge is -2.18. The smallest absolute Gasteiger partial charge is 0.213 e. The number of carbonyl (C=O) groups is 1. The van der Waals surface area contributed by atoms with E-state index in [9.17, 15) is 4.79 Å². The summed E-state index contributed by atoms with van der Waals surface area (Å²) in [6, 6.07) is 4.05. The van der Waals surface area contributed by atoms with Crippen molar-refractivity contribution >= 4 is 28.0 Å². The molecule has 0 aromatic heterocycles. The molecule has 3 heteroatoms. The number of anilines is 1. The van der Waals surface area contributed by atoms with E-state index in [4.69, 9.17) is 0 Å². The summed E-state index contributed by atoms with van der Waals surface area (Å²) in [6.45, 7) is 4.25. The maximum Gasteiger partial charge on any atom is 0.213 e. The summed E-state index contributed by atoms with van der Waals surface area (Å²) in [5.74, 6) is 0. The van der Waals surface area contributed by atoms with Crippen molar-refractivity contribution in [2.24, 2.45) is 0 Å². The van der Waals surface area contributed by atoms with Gasteiger partial charge in [-0.2, -0.15) is 0 Å². The molecule has 0 heterocycles. The van der Waals surface area contributed by atoms with E-state index in [-0.39, 0.29) is 0 Å². The molecule has 1 amide bonds. The maximum absolute atomic E-state index is 10.8. The third-order valence-electron chi connectivity index (χ3n) is 2.73. The minimum atomic E-state index is 0.854. The number of benzene rings is 1. The van der Waals surface area contributed by atoms with Crippen LogP contribution in [-0.2, 0) is 11.2 Å². The molecule has 88 valence electrons. The first-order chi connectivity index (χ1) is 7.61. The molecule has 2 nitrogen and oxygen atoms in total. The lowest BCUT2D eigenvalue weighted by molar-refractivity contribution is -0.107. The second-order valence-electron chi connectivity index (χ2n) is 4.01. The van der Waals surface area contributed by atoms with E-state index >= 15 is 0 Å². The Hall–Kier alpha value is -0.830. The Morgan fingerprint density at radius 1 is 1.44 bits per heavy atom. The average molecular weight is 284 g/mol. The summed E-state index contributed by atoms with van der Waals surface area (Å²) in [5, 5.41) is 0. The van der Waals surface area contributed by atoms with Crippen LogP contribution in [0.25, 0.3) is 0 Å². The standard InChI is InChI=1S/C13H18BrNO/c1-4-5-6-11-12(15(3)9-16)8-7-10(2)13(11)14/h7-9H,4-6H2,1-3H3. The van der Waals surface area contributed by atoms with Gasteiger partial charge < -0.3 is 4.90 Å². The van der Waals surface area contributed by atoms with Crippen molar-refractivity contribution in [3.63, 3.8) is 0 Å². The molecule has 0 aliphatic rings. The van der Waals surface area contributed by atoms with E-state index in [0.29, 0.717) is 0 Å². The number of halogens is 1. The molecule has 16 heavy (non-hydrogen) atoms. The topological polar surface area (TPSA) is 20.3 Å². The highest BCUT2D eigenvalue weighted by atomic mass is 79.9. The molecule has 1 aromatic rings. The van der Waals surface area contributed by atoms with Gasteiger partial charge in [-0.15, -0.1) is 0 Å². The van der Waals surface area contributed by atoms with E-state index in [1.54, 1.807) is 11.9 Å². The van der Waals surface area contributed by atoms with Crippen molar-refractivity contribution < 1.29 is 4.79 Å². The summed E-state index contributed by atoms with van der Waals surface area (Å²) in [7, 11) is 1.79. The largest absolute Gasteiger partial charge is 0.318 e. The van der Waals surface area contributed by atoms with Gasteiger partial charge in [0, 0.05) is 17.2 Å². The van der Waals surface area contributed by atoms with Crippen molar-refractivity contribution in [2.45, 2.75) is 33.1 Å². The summed E-state index contributed by atoms with van der Waals surface area (Å²) in [6.07, 6.45) is 4.16. The van der Waals surface area contributed by atoms with Crippen LogP contribution in [0.5, 0.6) is 0 Å². The first-order valence-corrected chi connectivity index (χ1v) is 6.37. The normalized spacial score (nSPS) is 10.2. The third-order valence-corrected chi connectivity index (χ3v) is 3.83. The summed E-state index contributed by atoms with van der Waals surface area (Å²) < 4.78 is 1.13. The average Bonchev–Trinajstić information content (AvgIpc) is 2.30. The Labute approximate surface area is 106 Å². The number of aryl methyl sites for hydroxylation is 1. The molecule has 0 fully saturated rings. The predicted octanol–water partition coefficient (Wildman–Crippen LogP) is 3.69. The van der Waals surface area contributed by atoms with Gasteiger partial charge in [0.15, 0.2) is 0 Å².